The molecule has 102 valence electrons. The lowest BCUT2D eigenvalue weighted by Gasteiger charge is -2.26. The first-order chi connectivity index (χ1) is 9.06. The third-order valence-corrected chi connectivity index (χ3v) is 3.04. The van der Waals surface area contributed by atoms with Crippen LogP contribution in [0.1, 0.15) is 19.3 Å². The molecule has 1 aliphatic rings. The number of nitrogens with one attached hydrogen (secondary N) is 1. The number of carbonyl (C=O) groups excluding carboxylic acids is 2. The van der Waals surface area contributed by atoms with E-state index in [2.05, 4.69) is 5.32 Å². The number of nitrogen functional groups attached to an aromatic ring is 1. The van der Waals surface area contributed by atoms with E-state index in [1.54, 1.807) is 0 Å². The molecule has 5 nitrogen and oxygen atoms in total. The molecule has 0 radical (unpaired) electrons. The fourth-order valence-corrected chi connectivity index (χ4v) is 2.04. The zero-order valence-corrected chi connectivity index (χ0v) is 10.5. The van der Waals surface area contributed by atoms with E-state index in [1.807, 2.05) is 0 Å². The van der Waals surface area contributed by atoms with Gasteiger partial charge >= 0.3 is 0 Å². The zero-order chi connectivity index (χ0) is 13.8. The monoisotopic (exact) mass is 265 g/mol. The van der Waals surface area contributed by atoms with E-state index < -0.39 is 5.82 Å². The molecule has 0 aliphatic carbocycles. The van der Waals surface area contributed by atoms with Crippen LogP contribution in [0.5, 0.6) is 0 Å². The van der Waals surface area contributed by atoms with Crippen LogP contribution in [0.3, 0.4) is 0 Å². The van der Waals surface area contributed by atoms with Gasteiger partial charge in [-0.1, -0.05) is 0 Å². The smallest absolute Gasteiger partial charge is 0.244 e. The fourth-order valence-electron chi connectivity index (χ4n) is 2.04. The van der Waals surface area contributed by atoms with Crippen molar-refractivity contribution in [2.45, 2.75) is 19.3 Å². The average molecular weight is 265 g/mol. The molecule has 1 saturated heterocycles. The first kappa shape index (κ1) is 13.3. The number of rotatable bonds is 3. The maximum atomic E-state index is 12.9. The summed E-state index contributed by atoms with van der Waals surface area (Å²) in [5.41, 5.74) is 6.12. The number of nitrogens with two attached hydrogens (primary N) is 1. The second-order valence-corrected chi connectivity index (χ2v) is 4.55. The van der Waals surface area contributed by atoms with E-state index in [1.165, 1.54) is 17.0 Å². The Morgan fingerprint density at radius 2 is 2.21 bits per heavy atom. The number of anilines is 2. The summed E-state index contributed by atoms with van der Waals surface area (Å²) in [5, 5.41) is 2.58. The van der Waals surface area contributed by atoms with E-state index in [9.17, 15) is 14.0 Å². The highest BCUT2D eigenvalue weighted by Crippen LogP contribution is 2.19. The number of likely N-dealkylation sites (tertiary alicyclic amines) is 1. The minimum atomic E-state index is -0.457. The Bertz CT molecular complexity index is 505. The van der Waals surface area contributed by atoms with Gasteiger partial charge in [0.15, 0.2) is 0 Å². The highest BCUT2D eigenvalue weighted by Gasteiger charge is 2.20. The van der Waals surface area contributed by atoms with Crippen LogP contribution < -0.4 is 11.1 Å². The van der Waals surface area contributed by atoms with Gasteiger partial charge in [0, 0.05) is 13.0 Å². The van der Waals surface area contributed by atoms with Crippen molar-refractivity contribution in [1.29, 1.82) is 0 Å². The number of hydrogen-bond acceptors (Lipinski definition) is 3. The number of nitrogens with zero attached hydrogens (tertiary/aromatic N) is 1. The Labute approximate surface area is 110 Å². The molecule has 2 amide bonds. The summed E-state index contributed by atoms with van der Waals surface area (Å²) in [7, 11) is 0. The van der Waals surface area contributed by atoms with Gasteiger partial charge in [-0.15, -0.1) is 0 Å². The predicted octanol–water partition coefficient (Wildman–Crippen LogP) is 1.36. The van der Waals surface area contributed by atoms with Gasteiger partial charge in [-0.25, -0.2) is 4.39 Å². The number of carbonyl (C=O) groups is 2. The lowest BCUT2D eigenvalue weighted by atomic mass is 10.1. The molecule has 19 heavy (non-hydrogen) atoms. The van der Waals surface area contributed by atoms with Gasteiger partial charge in [0.25, 0.3) is 0 Å². The molecule has 0 spiro atoms. The van der Waals surface area contributed by atoms with Crippen LogP contribution >= 0.6 is 0 Å². The Balaban J connectivity index is 1.95. The number of halogens is 1. The third-order valence-electron chi connectivity index (χ3n) is 3.04. The second-order valence-electron chi connectivity index (χ2n) is 4.55. The molecule has 1 heterocycles. The lowest BCUT2D eigenvalue weighted by Crippen LogP contribution is -2.40. The zero-order valence-electron chi connectivity index (χ0n) is 10.5. The summed E-state index contributed by atoms with van der Waals surface area (Å²) in [6.45, 7) is 0.612. The molecule has 1 aromatic carbocycles. The van der Waals surface area contributed by atoms with Crippen LogP contribution in [0.25, 0.3) is 0 Å². The van der Waals surface area contributed by atoms with Crippen molar-refractivity contribution in [2.75, 3.05) is 24.1 Å². The third kappa shape index (κ3) is 3.43. The topological polar surface area (TPSA) is 75.4 Å². The Morgan fingerprint density at radius 3 is 2.89 bits per heavy atom. The van der Waals surface area contributed by atoms with Gasteiger partial charge in [0.05, 0.1) is 17.9 Å². The SMILES string of the molecule is Nc1cc(F)ccc1NC(=O)CN1CCCCC1=O. The molecular formula is C13H16FN3O2. The van der Waals surface area contributed by atoms with Crippen LogP contribution in [-0.4, -0.2) is 29.8 Å². The van der Waals surface area contributed by atoms with Crippen molar-refractivity contribution in [3.05, 3.63) is 24.0 Å². The highest BCUT2D eigenvalue weighted by atomic mass is 19.1. The fraction of sp³-hybridized carbons (Fsp3) is 0.385. The summed E-state index contributed by atoms with van der Waals surface area (Å²) in [5.74, 6) is -0.788. The van der Waals surface area contributed by atoms with Crippen molar-refractivity contribution in [1.82, 2.24) is 4.90 Å². The van der Waals surface area contributed by atoms with Crippen LogP contribution in [-0.2, 0) is 9.59 Å². The molecule has 0 atom stereocenters. The average Bonchev–Trinajstić information content (AvgIpc) is 2.36. The molecule has 0 bridgehead atoms. The van der Waals surface area contributed by atoms with Crippen molar-refractivity contribution in [3.63, 3.8) is 0 Å². The minimum absolute atomic E-state index is 0.00604. The quantitative estimate of drug-likeness (QED) is 0.810. The Hall–Kier alpha value is -2.11. The number of hydrogen-bond donors (Lipinski definition) is 2. The van der Waals surface area contributed by atoms with E-state index in [0.717, 1.165) is 18.9 Å². The number of amides is 2. The molecule has 2 rings (SSSR count). The molecule has 1 aromatic rings. The highest BCUT2D eigenvalue weighted by molar-refractivity contribution is 5.96. The summed E-state index contributed by atoms with van der Waals surface area (Å²) in [6, 6.07) is 3.76. The lowest BCUT2D eigenvalue weighted by molar-refractivity contribution is -0.136. The normalized spacial score (nSPS) is 15.4. The molecule has 0 unspecified atom stereocenters. The van der Waals surface area contributed by atoms with Gasteiger partial charge < -0.3 is 16.0 Å². The molecule has 0 saturated carbocycles. The van der Waals surface area contributed by atoms with E-state index in [4.69, 9.17) is 5.73 Å². The van der Waals surface area contributed by atoms with E-state index in [-0.39, 0.29) is 24.0 Å². The van der Waals surface area contributed by atoms with Gasteiger partial charge in [0.1, 0.15) is 5.82 Å². The van der Waals surface area contributed by atoms with Crippen molar-refractivity contribution < 1.29 is 14.0 Å². The first-order valence-electron chi connectivity index (χ1n) is 6.19. The van der Waals surface area contributed by atoms with Crippen LogP contribution in [0.4, 0.5) is 15.8 Å². The molecule has 1 fully saturated rings. The maximum Gasteiger partial charge on any atom is 0.244 e. The largest absolute Gasteiger partial charge is 0.397 e. The number of piperidine rings is 1. The molecule has 6 heteroatoms. The van der Waals surface area contributed by atoms with Crippen LogP contribution in [0.15, 0.2) is 18.2 Å². The molecular weight excluding hydrogens is 249 g/mol. The van der Waals surface area contributed by atoms with Crippen molar-refractivity contribution >= 4 is 23.2 Å². The van der Waals surface area contributed by atoms with Gasteiger partial charge in [-0.3, -0.25) is 9.59 Å². The van der Waals surface area contributed by atoms with Gasteiger partial charge in [0.2, 0.25) is 11.8 Å². The number of benzene rings is 1. The maximum absolute atomic E-state index is 12.9. The first-order valence-corrected chi connectivity index (χ1v) is 6.19. The summed E-state index contributed by atoms with van der Waals surface area (Å²) in [4.78, 5) is 24.9. The summed E-state index contributed by atoms with van der Waals surface area (Å²) in [6.07, 6.45) is 2.28. The van der Waals surface area contributed by atoms with Crippen molar-refractivity contribution in [3.8, 4) is 0 Å². The summed E-state index contributed by atoms with van der Waals surface area (Å²) >= 11 is 0. The molecule has 1 aliphatic heterocycles. The van der Waals surface area contributed by atoms with Crippen LogP contribution in [0, 0.1) is 5.82 Å². The predicted molar refractivity (Wildman–Crippen MR) is 69.9 cm³/mol. The minimum Gasteiger partial charge on any atom is -0.397 e. The standard InChI is InChI=1S/C13H16FN3O2/c14-9-4-5-11(10(15)7-9)16-12(18)8-17-6-2-1-3-13(17)19/h4-5,7H,1-3,6,8,15H2,(H,16,18). The van der Waals surface area contributed by atoms with Crippen molar-refractivity contribution in [2.24, 2.45) is 0 Å². The Morgan fingerprint density at radius 1 is 1.42 bits per heavy atom. The Kier molecular flexibility index (Phi) is 3.99. The van der Waals surface area contributed by atoms with Gasteiger partial charge in [-0.2, -0.15) is 0 Å². The molecule has 3 N–H and O–H groups in total. The van der Waals surface area contributed by atoms with E-state index in [0.29, 0.717) is 18.7 Å². The second kappa shape index (κ2) is 5.69. The summed E-state index contributed by atoms with van der Waals surface area (Å²) < 4.78 is 12.9. The van der Waals surface area contributed by atoms with Gasteiger partial charge in [-0.05, 0) is 31.0 Å². The molecule has 0 aromatic heterocycles. The van der Waals surface area contributed by atoms with Crippen LogP contribution in [0.2, 0.25) is 0 Å². The van der Waals surface area contributed by atoms with E-state index >= 15 is 0 Å².